The van der Waals surface area contributed by atoms with Crippen LogP contribution in [0.1, 0.15) is 34.9 Å². The second-order valence-electron chi connectivity index (χ2n) is 8.47. The molecule has 184 valence electrons. The molecule has 1 aromatic heterocycles. The zero-order chi connectivity index (χ0) is 25.2. The third-order valence-corrected chi connectivity index (χ3v) is 5.99. The van der Waals surface area contributed by atoms with E-state index in [0.717, 1.165) is 22.4 Å². The Balaban J connectivity index is 1.62. The molecule has 0 aliphatic carbocycles. The van der Waals surface area contributed by atoms with E-state index in [1.165, 1.54) is 0 Å². The Morgan fingerprint density at radius 3 is 2.19 bits per heavy atom. The fourth-order valence-electron chi connectivity index (χ4n) is 4.08. The Morgan fingerprint density at radius 1 is 0.861 bits per heavy atom. The molecule has 0 aliphatic heterocycles. The van der Waals surface area contributed by atoms with E-state index in [-0.39, 0.29) is 31.3 Å². The van der Waals surface area contributed by atoms with Crippen LogP contribution in [0.5, 0.6) is 5.75 Å². The van der Waals surface area contributed by atoms with E-state index < -0.39 is 6.04 Å². The number of furan rings is 1. The maximum Gasteiger partial charge on any atom is 0.247 e. The molecule has 0 fully saturated rings. The highest BCUT2D eigenvalue weighted by atomic mass is 16.5. The summed E-state index contributed by atoms with van der Waals surface area (Å²) in [6.07, 6.45) is 2.45. The molecule has 1 N–H and O–H groups in total. The zero-order valence-corrected chi connectivity index (χ0v) is 20.3. The first-order valence-electron chi connectivity index (χ1n) is 12.0. The number of hydrogen-bond donors (Lipinski definition) is 1. The highest BCUT2D eigenvalue weighted by molar-refractivity contribution is 5.88. The van der Waals surface area contributed by atoms with Gasteiger partial charge in [-0.1, -0.05) is 72.8 Å². The van der Waals surface area contributed by atoms with Crippen LogP contribution in [0.25, 0.3) is 0 Å². The number of amides is 2. The summed E-state index contributed by atoms with van der Waals surface area (Å²) in [6.45, 7) is 0.523. The predicted octanol–water partition coefficient (Wildman–Crippen LogP) is 5.31. The lowest BCUT2D eigenvalue weighted by Gasteiger charge is -2.32. The minimum Gasteiger partial charge on any atom is -0.497 e. The van der Waals surface area contributed by atoms with E-state index in [1.54, 1.807) is 30.4 Å². The molecule has 4 rings (SSSR count). The number of nitrogens with one attached hydrogen (secondary N) is 1. The van der Waals surface area contributed by atoms with Gasteiger partial charge in [-0.25, -0.2) is 0 Å². The number of nitrogens with zero attached hydrogens (tertiary/aromatic N) is 1. The Morgan fingerprint density at radius 2 is 1.56 bits per heavy atom. The van der Waals surface area contributed by atoms with Crippen molar-refractivity contribution in [1.29, 1.82) is 0 Å². The molecule has 3 aromatic carbocycles. The predicted molar refractivity (Wildman–Crippen MR) is 138 cm³/mol. The van der Waals surface area contributed by atoms with E-state index in [2.05, 4.69) is 5.32 Å². The number of carbonyl (C=O) groups is 2. The van der Waals surface area contributed by atoms with E-state index in [1.807, 2.05) is 84.9 Å². The van der Waals surface area contributed by atoms with Crippen LogP contribution in [0.3, 0.4) is 0 Å². The molecule has 0 aliphatic rings. The summed E-state index contributed by atoms with van der Waals surface area (Å²) in [5.41, 5.74) is 2.73. The molecule has 1 unspecified atom stereocenters. The normalized spacial score (nSPS) is 11.5. The van der Waals surface area contributed by atoms with Crippen LogP contribution in [0.2, 0.25) is 0 Å². The molecule has 6 heteroatoms. The van der Waals surface area contributed by atoms with Crippen LogP contribution in [0.15, 0.2) is 108 Å². The van der Waals surface area contributed by atoms with Gasteiger partial charge in [0.25, 0.3) is 0 Å². The highest BCUT2D eigenvalue weighted by Gasteiger charge is 2.31. The van der Waals surface area contributed by atoms with Crippen molar-refractivity contribution >= 4 is 11.8 Å². The summed E-state index contributed by atoms with van der Waals surface area (Å²) in [5, 5.41) is 2.95. The Labute approximate surface area is 211 Å². The largest absolute Gasteiger partial charge is 0.497 e. The topological polar surface area (TPSA) is 71.8 Å². The molecular weight excluding hydrogens is 452 g/mol. The Kier molecular flexibility index (Phi) is 8.54. The summed E-state index contributed by atoms with van der Waals surface area (Å²) >= 11 is 0. The second-order valence-corrected chi connectivity index (χ2v) is 8.47. The second kappa shape index (κ2) is 12.4. The molecule has 2 amide bonds. The summed E-state index contributed by atoms with van der Waals surface area (Å²) in [4.78, 5) is 28.9. The number of rotatable bonds is 11. The van der Waals surface area contributed by atoms with Crippen molar-refractivity contribution in [3.63, 3.8) is 0 Å². The molecule has 0 saturated heterocycles. The minimum absolute atomic E-state index is 0.100. The standard InChI is InChI=1S/C30H30N2O4/c1-35-26-17-14-24(15-18-26)22-32(28(33)19-16-23-9-4-2-5-10-23)29(25-11-6-3-7-12-25)30(34)31-21-27-13-8-20-36-27/h2-15,17-18,20,29H,16,19,21-22H2,1H3,(H,31,34). The van der Waals surface area contributed by atoms with Gasteiger partial charge < -0.3 is 19.4 Å². The van der Waals surface area contributed by atoms with Gasteiger partial charge in [-0.3, -0.25) is 9.59 Å². The Hall–Kier alpha value is -4.32. The maximum atomic E-state index is 13.7. The molecule has 0 bridgehead atoms. The third-order valence-electron chi connectivity index (χ3n) is 5.99. The monoisotopic (exact) mass is 482 g/mol. The molecule has 0 radical (unpaired) electrons. The van der Waals surface area contributed by atoms with E-state index >= 15 is 0 Å². The first-order valence-corrected chi connectivity index (χ1v) is 12.0. The number of methoxy groups -OCH3 is 1. The lowest BCUT2D eigenvalue weighted by Crippen LogP contribution is -2.43. The summed E-state index contributed by atoms with van der Waals surface area (Å²) < 4.78 is 10.7. The van der Waals surface area contributed by atoms with E-state index in [0.29, 0.717) is 12.2 Å². The smallest absolute Gasteiger partial charge is 0.247 e. The number of ether oxygens (including phenoxy) is 1. The first-order chi connectivity index (χ1) is 17.6. The van der Waals surface area contributed by atoms with E-state index in [9.17, 15) is 9.59 Å². The highest BCUT2D eigenvalue weighted by Crippen LogP contribution is 2.26. The van der Waals surface area contributed by atoms with Crippen molar-refractivity contribution in [3.05, 3.63) is 126 Å². The van der Waals surface area contributed by atoms with Crippen LogP contribution >= 0.6 is 0 Å². The number of aryl methyl sites for hydroxylation is 1. The minimum atomic E-state index is -0.800. The van der Waals surface area contributed by atoms with Crippen molar-refractivity contribution in [1.82, 2.24) is 10.2 Å². The zero-order valence-electron chi connectivity index (χ0n) is 20.3. The van der Waals surface area contributed by atoms with Crippen LogP contribution in [-0.2, 0) is 29.1 Å². The molecule has 0 saturated carbocycles. The third kappa shape index (κ3) is 6.63. The molecule has 36 heavy (non-hydrogen) atoms. The van der Waals surface area contributed by atoms with Gasteiger partial charge in [-0.05, 0) is 47.4 Å². The van der Waals surface area contributed by atoms with Crippen molar-refractivity contribution in [2.45, 2.75) is 32.0 Å². The number of benzene rings is 3. The number of carbonyl (C=O) groups excluding carboxylic acids is 2. The van der Waals surface area contributed by atoms with Crippen LogP contribution in [-0.4, -0.2) is 23.8 Å². The van der Waals surface area contributed by atoms with Gasteiger partial charge in [-0.15, -0.1) is 0 Å². The summed E-state index contributed by atoms with van der Waals surface area (Å²) in [6, 6.07) is 29.6. The van der Waals surface area contributed by atoms with Crippen LogP contribution in [0, 0.1) is 0 Å². The molecular formula is C30H30N2O4. The summed E-state index contributed by atoms with van der Waals surface area (Å²) in [7, 11) is 1.61. The van der Waals surface area contributed by atoms with Gasteiger partial charge in [0.1, 0.15) is 17.6 Å². The van der Waals surface area contributed by atoms with Gasteiger partial charge >= 0.3 is 0 Å². The van der Waals surface area contributed by atoms with Crippen molar-refractivity contribution in [2.75, 3.05) is 7.11 Å². The van der Waals surface area contributed by atoms with Crippen molar-refractivity contribution in [3.8, 4) is 5.75 Å². The van der Waals surface area contributed by atoms with Gasteiger partial charge in [0.15, 0.2) is 0 Å². The number of hydrogen-bond acceptors (Lipinski definition) is 4. The lowest BCUT2D eigenvalue weighted by molar-refractivity contribution is -0.141. The summed E-state index contributed by atoms with van der Waals surface area (Å²) in [5.74, 6) is 1.01. The molecule has 1 heterocycles. The van der Waals surface area contributed by atoms with Gasteiger partial charge in [0, 0.05) is 13.0 Å². The Bertz CT molecular complexity index is 1220. The molecule has 6 nitrogen and oxygen atoms in total. The van der Waals surface area contributed by atoms with Crippen LogP contribution in [0.4, 0.5) is 0 Å². The van der Waals surface area contributed by atoms with Crippen molar-refractivity contribution < 1.29 is 18.7 Å². The average molecular weight is 483 g/mol. The van der Waals surface area contributed by atoms with Crippen LogP contribution < -0.4 is 10.1 Å². The molecule has 4 aromatic rings. The quantitative estimate of drug-likeness (QED) is 0.315. The molecule has 0 spiro atoms. The first kappa shape index (κ1) is 24.8. The van der Waals surface area contributed by atoms with Gasteiger partial charge in [-0.2, -0.15) is 0 Å². The van der Waals surface area contributed by atoms with Gasteiger partial charge in [0.05, 0.1) is 19.9 Å². The lowest BCUT2D eigenvalue weighted by atomic mass is 10.0. The fraction of sp³-hybridized carbons (Fsp3) is 0.200. The van der Waals surface area contributed by atoms with E-state index in [4.69, 9.17) is 9.15 Å². The molecule has 1 atom stereocenters. The SMILES string of the molecule is COc1ccc(CN(C(=O)CCc2ccccc2)C(C(=O)NCc2ccco2)c2ccccc2)cc1. The van der Waals surface area contributed by atoms with Crippen molar-refractivity contribution in [2.24, 2.45) is 0 Å². The van der Waals surface area contributed by atoms with Gasteiger partial charge in [0.2, 0.25) is 11.8 Å². The fourth-order valence-corrected chi connectivity index (χ4v) is 4.08. The average Bonchev–Trinajstić information content (AvgIpc) is 3.45. The maximum absolute atomic E-state index is 13.7.